The Labute approximate surface area is 110 Å². The molecule has 2 saturated carbocycles. The third kappa shape index (κ3) is 2.34. The molecule has 5 rings (SSSR count). The molecule has 0 aromatic rings. The summed E-state index contributed by atoms with van der Waals surface area (Å²) in [7, 11) is 0. The zero-order valence-corrected chi connectivity index (χ0v) is 11.4. The molecule has 0 spiro atoms. The van der Waals surface area contributed by atoms with E-state index in [9.17, 15) is 0 Å². The lowest BCUT2D eigenvalue weighted by molar-refractivity contribution is -0.198. The van der Waals surface area contributed by atoms with Crippen LogP contribution in [0.3, 0.4) is 0 Å². The van der Waals surface area contributed by atoms with Crippen molar-refractivity contribution in [1.29, 1.82) is 0 Å². The van der Waals surface area contributed by atoms with Crippen molar-refractivity contribution in [2.24, 2.45) is 17.8 Å². The monoisotopic (exact) mass is 250 g/mol. The number of ether oxygens (including phenoxy) is 2. The maximum absolute atomic E-state index is 5.96. The summed E-state index contributed by atoms with van der Waals surface area (Å²) >= 11 is 0. The standard InChI is InChI=1S/C16H26O2/c1-2-11(4-5-14-10-17-14)8-12(3-1)15-7-6-13-9-16(15)18-13/h11-16H,1-10H2. The molecule has 2 nitrogen and oxygen atoms in total. The molecule has 18 heavy (non-hydrogen) atoms. The molecule has 2 heteroatoms. The molecular weight excluding hydrogens is 224 g/mol. The zero-order chi connectivity index (χ0) is 11.9. The number of hydrogen-bond acceptors (Lipinski definition) is 2. The van der Waals surface area contributed by atoms with Gasteiger partial charge in [-0.25, -0.2) is 0 Å². The Morgan fingerprint density at radius 2 is 1.83 bits per heavy atom. The summed E-state index contributed by atoms with van der Waals surface area (Å²) in [6.07, 6.45) is 14.8. The van der Waals surface area contributed by atoms with E-state index in [-0.39, 0.29) is 0 Å². The Balaban J connectivity index is 1.30. The normalized spacial score (nSPS) is 50.7. The van der Waals surface area contributed by atoms with E-state index in [0.717, 1.165) is 24.4 Å². The van der Waals surface area contributed by atoms with Gasteiger partial charge in [-0.05, 0) is 49.9 Å². The van der Waals surface area contributed by atoms with Crippen molar-refractivity contribution in [2.75, 3.05) is 6.61 Å². The van der Waals surface area contributed by atoms with E-state index in [2.05, 4.69) is 0 Å². The number of fused-ring (bicyclic) bond motifs is 2. The van der Waals surface area contributed by atoms with Gasteiger partial charge in [-0.3, -0.25) is 0 Å². The molecule has 0 radical (unpaired) electrons. The van der Waals surface area contributed by atoms with Crippen LogP contribution in [0.4, 0.5) is 0 Å². The fourth-order valence-corrected chi connectivity index (χ4v) is 4.70. The summed E-state index contributed by atoms with van der Waals surface area (Å²) < 4.78 is 11.3. The van der Waals surface area contributed by atoms with Crippen molar-refractivity contribution in [3.05, 3.63) is 0 Å². The largest absolute Gasteiger partial charge is 0.374 e. The van der Waals surface area contributed by atoms with Gasteiger partial charge in [0, 0.05) is 6.42 Å². The van der Waals surface area contributed by atoms with Crippen LogP contribution in [0.1, 0.15) is 57.8 Å². The first-order chi connectivity index (χ1) is 8.88. The van der Waals surface area contributed by atoms with Crippen LogP contribution in [0.25, 0.3) is 0 Å². The third-order valence-corrected chi connectivity index (χ3v) is 5.89. The molecule has 0 aromatic carbocycles. The highest BCUT2D eigenvalue weighted by atomic mass is 16.6. The molecule has 2 aliphatic carbocycles. The highest BCUT2D eigenvalue weighted by molar-refractivity contribution is 4.94. The molecule has 0 amide bonds. The average molecular weight is 250 g/mol. The zero-order valence-electron chi connectivity index (χ0n) is 11.4. The number of epoxide rings is 1. The summed E-state index contributed by atoms with van der Waals surface area (Å²) in [5.41, 5.74) is 0. The van der Waals surface area contributed by atoms with Crippen LogP contribution in [0.2, 0.25) is 0 Å². The first kappa shape index (κ1) is 11.7. The lowest BCUT2D eigenvalue weighted by Crippen LogP contribution is -2.50. The maximum Gasteiger partial charge on any atom is 0.0810 e. The van der Waals surface area contributed by atoms with E-state index in [1.807, 2.05) is 0 Å². The molecule has 6 atom stereocenters. The molecule has 3 heterocycles. The molecule has 0 N–H and O–H groups in total. The fraction of sp³-hybridized carbons (Fsp3) is 1.00. The second kappa shape index (κ2) is 4.79. The van der Waals surface area contributed by atoms with Gasteiger partial charge in [-0.15, -0.1) is 0 Å². The smallest absolute Gasteiger partial charge is 0.0810 e. The van der Waals surface area contributed by atoms with Crippen molar-refractivity contribution in [2.45, 2.75) is 76.1 Å². The summed E-state index contributed by atoms with van der Waals surface area (Å²) in [6, 6.07) is 0. The molecule has 2 bridgehead atoms. The van der Waals surface area contributed by atoms with Gasteiger partial charge in [0.05, 0.1) is 24.9 Å². The Kier molecular flexibility index (Phi) is 3.12. The minimum Gasteiger partial charge on any atom is -0.374 e. The Morgan fingerprint density at radius 3 is 2.56 bits per heavy atom. The van der Waals surface area contributed by atoms with Crippen LogP contribution < -0.4 is 0 Å². The van der Waals surface area contributed by atoms with E-state index in [1.165, 1.54) is 57.8 Å². The van der Waals surface area contributed by atoms with Gasteiger partial charge in [0.25, 0.3) is 0 Å². The molecule has 5 aliphatic rings. The second-order valence-electron chi connectivity index (χ2n) is 7.10. The van der Waals surface area contributed by atoms with Crippen LogP contribution in [0, 0.1) is 17.8 Å². The highest BCUT2D eigenvalue weighted by Crippen LogP contribution is 2.47. The van der Waals surface area contributed by atoms with Gasteiger partial charge in [0.2, 0.25) is 0 Å². The fourth-order valence-electron chi connectivity index (χ4n) is 4.70. The Bertz CT molecular complexity index is 291. The van der Waals surface area contributed by atoms with Crippen LogP contribution in [-0.2, 0) is 9.47 Å². The lowest BCUT2D eigenvalue weighted by atomic mass is 9.66. The molecule has 3 saturated heterocycles. The molecular formula is C16H26O2. The molecule has 102 valence electrons. The van der Waals surface area contributed by atoms with Gasteiger partial charge in [-0.1, -0.05) is 19.3 Å². The SMILES string of the molecule is C1CC(CCC2CO2)CC(C2CCC3CC2O3)C1. The van der Waals surface area contributed by atoms with Gasteiger partial charge >= 0.3 is 0 Å². The summed E-state index contributed by atoms with van der Waals surface area (Å²) in [6.45, 7) is 1.04. The molecule has 0 aromatic heterocycles. The van der Waals surface area contributed by atoms with Crippen LogP contribution in [-0.4, -0.2) is 24.9 Å². The van der Waals surface area contributed by atoms with Crippen molar-refractivity contribution in [3.8, 4) is 0 Å². The van der Waals surface area contributed by atoms with E-state index in [0.29, 0.717) is 18.3 Å². The van der Waals surface area contributed by atoms with Gasteiger partial charge in [0.15, 0.2) is 0 Å². The summed E-state index contributed by atoms with van der Waals surface area (Å²) in [5, 5.41) is 0. The Morgan fingerprint density at radius 1 is 0.944 bits per heavy atom. The van der Waals surface area contributed by atoms with Crippen molar-refractivity contribution < 1.29 is 9.47 Å². The first-order valence-electron chi connectivity index (χ1n) is 8.15. The minimum absolute atomic E-state index is 0.635. The molecule has 5 fully saturated rings. The Hall–Kier alpha value is -0.0800. The lowest BCUT2D eigenvalue weighted by Gasteiger charge is -2.50. The van der Waals surface area contributed by atoms with Crippen molar-refractivity contribution in [3.63, 3.8) is 0 Å². The van der Waals surface area contributed by atoms with Crippen molar-refractivity contribution in [1.82, 2.24) is 0 Å². The summed E-state index contributed by atoms with van der Waals surface area (Å²) in [5.74, 6) is 2.89. The predicted molar refractivity (Wildman–Crippen MR) is 70.4 cm³/mol. The van der Waals surface area contributed by atoms with Crippen LogP contribution >= 0.6 is 0 Å². The number of rotatable bonds is 4. The topological polar surface area (TPSA) is 21.8 Å². The quantitative estimate of drug-likeness (QED) is 0.712. The van der Waals surface area contributed by atoms with Gasteiger partial charge in [-0.2, -0.15) is 0 Å². The van der Waals surface area contributed by atoms with E-state index in [1.54, 1.807) is 0 Å². The third-order valence-electron chi connectivity index (χ3n) is 5.89. The van der Waals surface area contributed by atoms with Crippen LogP contribution in [0.15, 0.2) is 0 Å². The number of hydrogen-bond donors (Lipinski definition) is 0. The maximum atomic E-state index is 5.96. The first-order valence-corrected chi connectivity index (χ1v) is 8.15. The van der Waals surface area contributed by atoms with Crippen LogP contribution in [0.5, 0.6) is 0 Å². The van der Waals surface area contributed by atoms with E-state index < -0.39 is 0 Å². The second-order valence-corrected chi connectivity index (χ2v) is 7.10. The molecule has 3 aliphatic heterocycles. The van der Waals surface area contributed by atoms with Gasteiger partial charge in [0.1, 0.15) is 0 Å². The van der Waals surface area contributed by atoms with Crippen molar-refractivity contribution >= 4 is 0 Å². The molecule has 6 unspecified atom stereocenters. The van der Waals surface area contributed by atoms with E-state index >= 15 is 0 Å². The summed E-state index contributed by atoms with van der Waals surface area (Å²) in [4.78, 5) is 0. The predicted octanol–water partition coefficient (Wildman–Crippen LogP) is 3.54. The average Bonchev–Trinajstić information content (AvgIpc) is 3.20. The van der Waals surface area contributed by atoms with Gasteiger partial charge < -0.3 is 9.47 Å². The van der Waals surface area contributed by atoms with E-state index in [4.69, 9.17) is 9.47 Å². The highest BCUT2D eigenvalue weighted by Gasteiger charge is 2.45. The minimum atomic E-state index is 0.635.